The average molecular weight is 489 g/mol. The Hall–Kier alpha value is -3.14. The zero-order valence-electron chi connectivity index (χ0n) is 18.3. The van der Waals surface area contributed by atoms with Gasteiger partial charge in [-0.15, -0.1) is 11.3 Å². The van der Waals surface area contributed by atoms with E-state index in [9.17, 15) is 14.4 Å². The van der Waals surface area contributed by atoms with Gasteiger partial charge in [-0.05, 0) is 42.3 Å². The molecular weight excluding hydrogens is 464 g/mol. The fraction of sp³-hybridized carbons (Fsp3) is 0.261. The molecule has 10 heteroatoms. The number of nitrogens with one attached hydrogen (secondary N) is 1. The van der Waals surface area contributed by atoms with Crippen LogP contribution < -0.4 is 21.9 Å². The summed E-state index contributed by atoms with van der Waals surface area (Å²) in [4.78, 5) is 43.1. The molecule has 33 heavy (non-hydrogen) atoms. The number of anilines is 2. The lowest BCUT2D eigenvalue weighted by Crippen LogP contribution is -2.42. The normalized spacial score (nSPS) is 11.2. The maximum Gasteiger partial charge on any atom is 0.330 e. The summed E-state index contributed by atoms with van der Waals surface area (Å²) in [5, 5.41) is 0.664. The van der Waals surface area contributed by atoms with Crippen molar-refractivity contribution >= 4 is 46.4 Å². The van der Waals surface area contributed by atoms with Gasteiger partial charge in [-0.3, -0.25) is 24.0 Å². The highest BCUT2D eigenvalue weighted by Crippen LogP contribution is 2.29. The van der Waals surface area contributed by atoms with Crippen LogP contribution in [0.4, 0.5) is 11.5 Å². The molecule has 0 aliphatic rings. The quantitative estimate of drug-likeness (QED) is 0.447. The topological polar surface area (TPSA) is 110 Å². The predicted molar refractivity (Wildman–Crippen MR) is 134 cm³/mol. The Bertz CT molecular complexity index is 1260. The van der Waals surface area contributed by atoms with Crippen molar-refractivity contribution in [2.75, 3.05) is 30.9 Å². The molecule has 3 N–H and O–H groups in total. The number of nitrogens with zero attached hydrogens (tertiary/aromatic N) is 2. The second kappa shape index (κ2) is 11.1. The lowest BCUT2D eigenvalue weighted by Gasteiger charge is -2.23. The number of carbonyl (C=O) groups is 1. The molecule has 0 unspecified atom stereocenters. The van der Waals surface area contributed by atoms with E-state index < -0.39 is 17.2 Å². The molecule has 0 radical (unpaired) electrons. The Kier molecular flexibility index (Phi) is 8.26. The Morgan fingerprint density at radius 3 is 2.64 bits per heavy atom. The third-order valence-corrected chi connectivity index (χ3v) is 6.21. The van der Waals surface area contributed by atoms with Crippen molar-refractivity contribution in [2.24, 2.45) is 0 Å². The summed E-state index contributed by atoms with van der Waals surface area (Å²) in [6.45, 7) is 2.48. The first-order valence-corrected chi connectivity index (χ1v) is 11.5. The van der Waals surface area contributed by atoms with Crippen molar-refractivity contribution in [2.45, 2.75) is 19.9 Å². The van der Waals surface area contributed by atoms with Crippen molar-refractivity contribution in [3.63, 3.8) is 0 Å². The molecule has 0 aliphatic carbocycles. The number of nitrogens with two attached hydrogens (primary N) is 1. The van der Waals surface area contributed by atoms with Gasteiger partial charge >= 0.3 is 5.69 Å². The lowest BCUT2D eigenvalue weighted by atomic mass is 10.2. The van der Waals surface area contributed by atoms with E-state index in [1.54, 1.807) is 6.08 Å². The molecule has 8 nitrogen and oxygen atoms in total. The van der Waals surface area contributed by atoms with Gasteiger partial charge in [-0.1, -0.05) is 30.7 Å². The number of aromatic amines is 1. The monoisotopic (exact) mass is 488 g/mol. The largest absolute Gasteiger partial charge is 0.383 e. The second-order valence-corrected chi connectivity index (χ2v) is 8.72. The van der Waals surface area contributed by atoms with Gasteiger partial charge < -0.3 is 10.5 Å². The van der Waals surface area contributed by atoms with Crippen LogP contribution in [0.3, 0.4) is 0 Å². The van der Waals surface area contributed by atoms with E-state index >= 15 is 0 Å². The van der Waals surface area contributed by atoms with Crippen molar-refractivity contribution in [1.82, 2.24) is 9.55 Å². The molecule has 3 aromatic rings. The van der Waals surface area contributed by atoms with Gasteiger partial charge in [-0.2, -0.15) is 0 Å². The number of aromatic nitrogens is 2. The zero-order valence-corrected chi connectivity index (χ0v) is 19.9. The molecule has 2 heterocycles. The van der Waals surface area contributed by atoms with Crippen molar-refractivity contribution in [1.29, 1.82) is 0 Å². The number of rotatable bonds is 9. The number of ether oxygens (including phenoxy) is 1. The third kappa shape index (κ3) is 5.81. The lowest BCUT2D eigenvalue weighted by molar-refractivity contribution is -0.114. The maximum atomic E-state index is 13.1. The number of benzene rings is 1. The van der Waals surface area contributed by atoms with Gasteiger partial charge in [0.05, 0.1) is 6.61 Å². The Labute approximate surface area is 199 Å². The van der Waals surface area contributed by atoms with E-state index in [-0.39, 0.29) is 24.7 Å². The van der Waals surface area contributed by atoms with Crippen molar-refractivity contribution in [3.05, 3.63) is 73.2 Å². The predicted octanol–water partition coefficient (Wildman–Crippen LogP) is 3.60. The molecule has 2 aromatic heterocycles. The fourth-order valence-corrected chi connectivity index (χ4v) is 4.30. The van der Waals surface area contributed by atoms with Crippen LogP contribution in [0, 0.1) is 0 Å². The molecule has 0 atom stereocenters. The first kappa shape index (κ1) is 24.5. The molecule has 1 amide bonds. The molecule has 0 saturated carbocycles. The summed E-state index contributed by atoms with van der Waals surface area (Å²) < 4.78 is 6.36. The van der Waals surface area contributed by atoms with E-state index in [1.165, 1.54) is 34.0 Å². The number of carbonyl (C=O) groups excluding carboxylic acids is 1. The molecule has 3 rings (SSSR count). The van der Waals surface area contributed by atoms with Gasteiger partial charge in [0.25, 0.3) is 11.5 Å². The van der Waals surface area contributed by atoms with Gasteiger partial charge in [0.1, 0.15) is 5.82 Å². The molecule has 0 spiro atoms. The van der Waals surface area contributed by atoms with E-state index in [0.717, 1.165) is 15.3 Å². The molecule has 0 bridgehead atoms. The van der Waals surface area contributed by atoms with E-state index in [2.05, 4.69) is 4.98 Å². The molecule has 0 saturated heterocycles. The first-order chi connectivity index (χ1) is 15.8. The molecule has 0 aliphatic heterocycles. The summed E-state index contributed by atoms with van der Waals surface area (Å²) in [7, 11) is 1.49. The van der Waals surface area contributed by atoms with Crippen molar-refractivity contribution < 1.29 is 9.53 Å². The van der Waals surface area contributed by atoms with Crippen LogP contribution in [0.25, 0.3) is 16.5 Å². The van der Waals surface area contributed by atoms with Crippen LogP contribution >= 0.6 is 22.9 Å². The SMILES string of the molecule is CCCn1c(N)c(N(CCOC)C(=O)/C=C/c2ccc(-c3ccc(Cl)cc3)s2)c(=O)[nH]c1=O. The van der Waals surface area contributed by atoms with Gasteiger partial charge in [0.15, 0.2) is 5.69 Å². The highest BCUT2D eigenvalue weighted by atomic mass is 35.5. The van der Waals surface area contributed by atoms with E-state index in [1.807, 2.05) is 43.3 Å². The van der Waals surface area contributed by atoms with Crippen LogP contribution in [0.1, 0.15) is 18.2 Å². The third-order valence-electron chi connectivity index (χ3n) is 4.86. The minimum Gasteiger partial charge on any atom is -0.383 e. The number of nitrogen functional groups attached to an aromatic ring is 1. The highest BCUT2D eigenvalue weighted by molar-refractivity contribution is 7.16. The number of amides is 1. The summed E-state index contributed by atoms with van der Waals surface area (Å²) in [6, 6.07) is 11.4. The van der Waals surface area contributed by atoms with Gasteiger partial charge in [0.2, 0.25) is 0 Å². The van der Waals surface area contributed by atoms with E-state index in [4.69, 9.17) is 22.1 Å². The summed E-state index contributed by atoms with van der Waals surface area (Å²) >= 11 is 7.47. The fourth-order valence-electron chi connectivity index (χ4n) is 3.25. The van der Waals surface area contributed by atoms with Crippen molar-refractivity contribution in [3.8, 4) is 10.4 Å². The van der Waals surface area contributed by atoms with E-state index in [0.29, 0.717) is 18.0 Å². The number of hydrogen-bond donors (Lipinski definition) is 2. The minimum atomic E-state index is -0.719. The number of thiophene rings is 1. The maximum absolute atomic E-state index is 13.1. The number of H-pyrrole nitrogens is 1. The smallest absolute Gasteiger partial charge is 0.330 e. The van der Waals surface area contributed by atoms with Gasteiger partial charge in [0, 0.05) is 41.1 Å². The molecule has 0 fully saturated rings. The molecule has 174 valence electrons. The summed E-state index contributed by atoms with van der Waals surface area (Å²) in [6.07, 6.45) is 3.69. The second-order valence-electron chi connectivity index (χ2n) is 7.17. The Morgan fingerprint density at radius 2 is 1.97 bits per heavy atom. The minimum absolute atomic E-state index is 0.0513. The standard InChI is InChI=1S/C23H25ClN4O4S/c1-3-12-28-21(25)20(22(30)26-23(28)31)27(13-14-32-2)19(29)11-9-17-8-10-18(33-17)15-4-6-16(24)7-5-15/h4-11H,3,12-14,25H2,1-2H3,(H,26,30,31)/b11-9+. The summed E-state index contributed by atoms with van der Waals surface area (Å²) in [5.41, 5.74) is 5.78. The van der Waals surface area contributed by atoms with Crippen LogP contribution in [0.2, 0.25) is 5.02 Å². The number of hydrogen-bond acceptors (Lipinski definition) is 6. The van der Waals surface area contributed by atoms with Crippen LogP contribution in [-0.4, -0.2) is 35.7 Å². The highest BCUT2D eigenvalue weighted by Gasteiger charge is 2.22. The van der Waals surface area contributed by atoms with Gasteiger partial charge in [-0.25, -0.2) is 4.79 Å². The number of methoxy groups -OCH3 is 1. The zero-order chi connectivity index (χ0) is 24.0. The Morgan fingerprint density at radius 1 is 1.24 bits per heavy atom. The molecule has 1 aromatic carbocycles. The summed E-state index contributed by atoms with van der Waals surface area (Å²) in [5.74, 6) is -0.503. The molecular formula is C23H25ClN4O4S. The first-order valence-electron chi connectivity index (χ1n) is 10.3. The Balaban J connectivity index is 1.90. The van der Waals surface area contributed by atoms with Crippen LogP contribution in [0.15, 0.2) is 52.1 Å². The average Bonchev–Trinajstić information content (AvgIpc) is 3.26. The number of halogens is 1. The van der Waals surface area contributed by atoms with Crippen LogP contribution in [-0.2, 0) is 16.1 Å². The van der Waals surface area contributed by atoms with Crippen LogP contribution in [0.5, 0.6) is 0 Å².